The molecule has 30 nitrogen and oxygen atoms in total. The third-order valence-corrected chi connectivity index (χ3v) is 12.5. The summed E-state index contributed by atoms with van der Waals surface area (Å²) in [7, 11) is 0. The standard InChI is InChI=1S/C50H84N14O16S3/c1-3-77-28-41(67)55-17-19-79-21-23-80-22-20-78-18-16-54-39(65)26-57-45(72)35(24-32-10-5-4-6-11-32)62-49(76)38(30-82)64-47(74)36(25-43(69)70)60-40(66)27-58-44(71)33(13-9-15-56-50(52)53)61-48(75)37(29-81)63-46(73)34(12-7-8-14-51)59-42(68)31-83-2/h4-6,10-11,33-38,81-82H,3,7-9,12-31,51H2,1-2H3,(H,54,65)(H,55,67)(H,57,72)(H,58,71)(H,59,68)(H,60,66)(H,61,75)(H,62,76)(H,63,73)(H,64,74)(H,69,70)(H4,52,53,56)/t33-,34-,35-,36-,37-,38-/m0/s1. The van der Waals surface area contributed by atoms with Gasteiger partial charge in [-0.05, 0) is 57.4 Å². The van der Waals surface area contributed by atoms with Crippen LogP contribution in [0.3, 0.4) is 0 Å². The number of carboxylic acid groups (broad SMARTS) is 1. The van der Waals surface area contributed by atoms with E-state index >= 15 is 0 Å². The molecule has 33 heteroatoms. The van der Waals surface area contributed by atoms with Crippen molar-refractivity contribution in [1.82, 2.24) is 53.2 Å². The third-order valence-electron chi connectivity index (χ3n) is 11.2. The maximum atomic E-state index is 13.7. The highest BCUT2D eigenvalue weighted by molar-refractivity contribution is 7.99. The quantitative estimate of drug-likeness (QED) is 0.0125. The average molecular weight is 1230 g/mol. The molecule has 0 aliphatic carbocycles. The van der Waals surface area contributed by atoms with Crippen LogP contribution in [0.4, 0.5) is 0 Å². The van der Waals surface area contributed by atoms with E-state index in [0.29, 0.717) is 57.9 Å². The maximum Gasteiger partial charge on any atom is 0.305 e. The molecular weight excluding hydrogens is 1150 g/mol. The van der Waals surface area contributed by atoms with Crippen molar-refractivity contribution in [1.29, 1.82) is 0 Å². The number of thioether (sulfide) groups is 1. The number of guanidine groups is 1. The molecule has 1 aromatic carbocycles. The molecule has 83 heavy (non-hydrogen) atoms. The molecular formula is C50H84N14O16S3. The molecule has 1 rings (SSSR count). The van der Waals surface area contributed by atoms with Crippen molar-refractivity contribution in [3.8, 4) is 0 Å². The topological polar surface area (TPSA) is 456 Å². The Morgan fingerprint density at radius 2 is 1.05 bits per heavy atom. The van der Waals surface area contributed by atoms with Gasteiger partial charge in [-0.15, -0.1) is 0 Å². The Morgan fingerprint density at radius 1 is 0.566 bits per heavy atom. The van der Waals surface area contributed by atoms with Gasteiger partial charge in [0.05, 0.1) is 64.9 Å². The molecule has 0 saturated carbocycles. The molecule has 1 aromatic rings. The van der Waals surface area contributed by atoms with Crippen LogP contribution in [-0.2, 0) is 78.1 Å². The van der Waals surface area contributed by atoms with Crippen LogP contribution in [0.5, 0.6) is 0 Å². The number of carbonyl (C=O) groups excluding carboxylic acids is 10. The van der Waals surface area contributed by atoms with Gasteiger partial charge in [0.25, 0.3) is 0 Å². The van der Waals surface area contributed by atoms with E-state index in [-0.39, 0.29) is 94.3 Å². The van der Waals surface area contributed by atoms with Gasteiger partial charge < -0.3 is 94.4 Å². The van der Waals surface area contributed by atoms with Gasteiger partial charge >= 0.3 is 5.97 Å². The molecule has 0 unspecified atom stereocenters. The Morgan fingerprint density at radius 3 is 1.59 bits per heavy atom. The fraction of sp³-hybridized carbons (Fsp3) is 0.640. The van der Waals surface area contributed by atoms with Crippen LogP contribution in [0.25, 0.3) is 0 Å². The maximum absolute atomic E-state index is 13.7. The van der Waals surface area contributed by atoms with Gasteiger partial charge in [-0.25, -0.2) is 0 Å². The van der Waals surface area contributed by atoms with Crippen LogP contribution in [0, 0.1) is 0 Å². The predicted octanol–water partition coefficient (Wildman–Crippen LogP) is -5.43. The number of nitrogens with one attached hydrogen (secondary N) is 10. The highest BCUT2D eigenvalue weighted by Gasteiger charge is 2.32. The minimum absolute atomic E-state index is 0.00896. The van der Waals surface area contributed by atoms with Gasteiger partial charge in [0, 0.05) is 44.2 Å². The zero-order valence-corrected chi connectivity index (χ0v) is 49.5. The van der Waals surface area contributed by atoms with Crippen molar-refractivity contribution in [2.24, 2.45) is 22.2 Å². The molecule has 468 valence electrons. The zero-order valence-electron chi connectivity index (χ0n) is 46.9. The van der Waals surface area contributed by atoms with E-state index in [9.17, 15) is 57.8 Å². The number of carboxylic acids is 1. The number of aliphatic carboxylic acids is 1. The summed E-state index contributed by atoms with van der Waals surface area (Å²) in [4.78, 5) is 147. The number of amides is 10. The highest BCUT2D eigenvalue weighted by atomic mass is 32.2. The summed E-state index contributed by atoms with van der Waals surface area (Å²) in [5.41, 5.74) is 17.1. The van der Waals surface area contributed by atoms with E-state index in [0.717, 1.165) is 0 Å². The second-order valence-electron chi connectivity index (χ2n) is 17.9. The first-order valence-corrected chi connectivity index (χ1v) is 29.4. The van der Waals surface area contributed by atoms with E-state index < -0.39 is 115 Å². The average Bonchev–Trinajstić information content (AvgIpc) is 3.46. The van der Waals surface area contributed by atoms with E-state index in [1.165, 1.54) is 11.8 Å². The minimum atomic E-state index is -1.82. The number of carbonyl (C=O) groups is 11. The van der Waals surface area contributed by atoms with E-state index in [4.69, 9.17) is 36.1 Å². The van der Waals surface area contributed by atoms with Crippen LogP contribution >= 0.6 is 37.0 Å². The predicted molar refractivity (Wildman–Crippen MR) is 314 cm³/mol. The molecule has 0 radical (unpaired) electrons. The lowest BCUT2D eigenvalue weighted by Crippen LogP contribution is -2.59. The molecule has 0 aliphatic rings. The summed E-state index contributed by atoms with van der Waals surface area (Å²) in [6.45, 7) is 3.26. The number of nitrogens with two attached hydrogens (primary N) is 3. The molecule has 10 amide bonds. The number of ether oxygens (including phenoxy) is 4. The third kappa shape index (κ3) is 36.0. The first-order chi connectivity index (χ1) is 39.8. The van der Waals surface area contributed by atoms with Crippen LogP contribution in [0.1, 0.15) is 51.0 Å². The first-order valence-electron chi connectivity index (χ1n) is 26.7. The summed E-state index contributed by atoms with van der Waals surface area (Å²) in [5, 5.41) is 34.5. The molecule has 0 aliphatic heterocycles. The highest BCUT2D eigenvalue weighted by Crippen LogP contribution is 2.08. The van der Waals surface area contributed by atoms with Crippen molar-refractivity contribution < 1.29 is 76.8 Å². The number of thiol groups is 2. The van der Waals surface area contributed by atoms with Gasteiger partial charge in [0.1, 0.15) is 42.9 Å². The molecule has 0 saturated heterocycles. The molecule has 0 spiro atoms. The number of hydrogen-bond acceptors (Lipinski definition) is 20. The van der Waals surface area contributed by atoms with Gasteiger partial charge in [-0.2, -0.15) is 37.0 Å². The second kappa shape index (κ2) is 46.0. The number of hydrogen-bond donors (Lipinski definition) is 16. The Bertz CT molecular complexity index is 2210. The van der Waals surface area contributed by atoms with Gasteiger partial charge in [0.15, 0.2) is 5.96 Å². The minimum Gasteiger partial charge on any atom is -0.481 e. The van der Waals surface area contributed by atoms with Crippen LogP contribution in [-0.4, -0.2) is 228 Å². The molecule has 0 heterocycles. The Hall–Kier alpha value is -6.49. The Kier molecular flexibility index (Phi) is 41.3. The van der Waals surface area contributed by atoms with Crippen molar-refractivity contribution >= 4 is 108 Å². The number of rotatable bonds is 47. The largest absolute Gasteiger partial charge is 0.481 e. The summed E-state index contributed by atoms with van der Waals surface area (Å²) in [5.74, 6) is -9.83. The monoisotopic (exact) mass is 1230 g/mol. The number of benzene rings is 1. The smallest absolute Gasteiger partial charge is 0.305 e. The van der Waals surface area contributed by atoms with Gasteiger partial charge in [0.2, 0.25) is 59.1 Å². The molecule has 0 fully saturated rings. The molecule has 6 atom stereocenters. The SMILES string of the molecule is CCOCC(=O)NCCOCCOCCOCCNC(=O)CNC(=O)[C@H](Cc1ccccc1)NC(=O)[C@H](CS)NC(=O)[C@H](CC(=O)O)NC(=O)CNC(=O)[C@H](CCCN=C(N)N)NC(=O)[C@H](CS)NC(=O)[C@H](CCCCN)NC(=O)CSC. The fourth-order valence-corrected chi connectivity index (χ4v) is 7.88. The van der Waals surface area contributed by atoms with Crippen molar-refractivity contribution in [2.75, 3.05) is 116 Å². The second-order valence-corrected chi connectivity index (χ2v) is 19.5. The Labute approximate surface area is 497 Å². The van der Waals surface area contributed by atoms with Crippen molar-refractivity contribution in [3.05, 3.63) is 35.9 Å². The summed E-state index contributed by atoms with van der Waals surface area (Å²) >= 11 is 9.64. The number of nitrogens with zero attached hydrogens (tertiary/aromatic N) is 1. The van der Waals surface area contributed by atoms with Crippen molar-refractivity contribution in [2.45, 2.75) is 88.1 Å². The first kappa shape index (κ1) is 74.5. The van der Waals surface area contributed by atoms with Crippen molar-refractivity contribution in [3.63, 3.8) is 0 Å². The lowest BCUT2D eigenvalue weighted by molar-refractivity contribution is -0.141. The van der Waals surface area contributed by atoms with Gasteiger partial charge in [-0.3, -0.25) is 57.7 Å². The summed E-state index contributed by atoms with van der Waals surface area (Å²) in [6, 6.07) is 0.243. The van der Waals surface area contributed by atoms with E-state index in [1.54, 1.807) is 43.5 Å². The zero-order chi connectivity index (χ0) is 61.8. The van der Waals surface area contributed by atoms with E-state index in [2.05, 4.69) is 83.4 Å². The normalized spacial score (nSPS) is 13.0. The van der Waals surface area contributed by atoms with E-state index in [1.807, 2.05) is 0 Å². The van der Waals surface area contributed by atoms with Crippen LogP contribution in [0.2, 0.25) is 0 Å². The fourth-order valence-electron chi connectivity index (χ4n) is 7.02. The molecule has 0 bridgehead atoms. The molecule has 0 aromatic heterocycles. The van der Waals surface area contributed by atoms with Crippen LogP contribution < -0.4 is 70.4 Å². The molecule has 17 N–H and O–H groups in total. The summed E-state index contributed by atoms with van der Waals surface area (Å²) < 4.78 is 21.3. The Balaban J connectivity index is 2.92. The van der Waals surface area contributed by atoms with Crippen LogP contribution in [0.15, 0.2) is 35.3 Å². The number of unbranched alkanes of at least 4 members (excludes halogenated alkanes) is 1. The lowest BCUT2D eigenvalue weighted by Gasteiger charge is -2.25. The van der Waals surface area contributed by atoms with Gasteiger partial charge in [-0.1, -0.05) is 30.3 Å². The summed E-state index contributed by atoms with van der Waals surface area (Å²) in [6.07, 6.45) is 2.01. The lowest BCUT2D eigenvalue weighted by atomic mass is 10.0. The number of aliphatic imine (C=N–C) groups is 1.